The van der Waals surface area contributed by atoms with Gasteiger partial charge in [0.25, 0.3) is 11.6 Å². The monoisotopic (exact) mass is 317 g/mol. The van der Waals surface area contributed by atoms with E-state index in [2.05, 4.69) is 10.5 Å². The highest BCUT2D eigenvalue weighted by molar-refractivity contribution is 5.96. The summed E-state index contributed by atoms with van der Waals surface area (Å²) in [4.78, 5) is 21.7. The molecule has 9 nitrogen and oxygen atoms in total. The lowest BCUT2D eigenvalue weighted by Crippen LogP contribution is -2.17. The van der Waals surface area contributed by atoms with Gasteiger partial charge in [0.1, 0.15) is 0 Å². The molecular formula is C14H11N3O6. The number of hydrazone groups is 1. The molecule has 9 heteroatoms. The zero-order chi connectivity index (χ0) is 17.0. The van der Waals surface area contributed by atoms with E-state index in [0.29, 0.717) is 5.56 Å². The summed E-state index contributed by atoms with van der Waals surface area (Å²) in [6, 6.07) is 7.41. The van der Waals surface area contributed by atoms with E-state index in [-0.39, 0.29) is 11.3 Å². The Hall–Kier alpha value is -3.62. The fraction of sp³-hybridized carbons (Fsp3) is 0. The Morgan fingerprint density at radius 1 is 1.13 bits per heavy atom. The first kappa shape index (κ1) is 15.8. The molecule has 0 atom stereocenters. The third-order valence-electron chi connectivity index (χ3n) is 2.82. The van der Waals surface area contributed by atoms with E-state index in [1.165, 1.54) is 30.5 Å². The van der Waals surface area contributed by atoms with Crippen LogP contribution in [-0.2, 0) is 0 Å². The maximum absolute atomic E-state index is 11.8. The molecular weight excluding hydrogens is 306 g/mol. The number of hydrogen-bond acceptors (Lipinski definition) is 7. The molecule has 2 aromatic carbocycles. The molecule has 4 N–H and O–H groups in total. The van der Waals surface area contributed by atoms with Crippen molar-refractivity contribution < 1.29 is 25.0 Å². The Morgan fingerprint density at radius 3 is 2.22 bits per heavy atom. The van der Waals surface area contributed by atoms with Gasteiger partial charge in [-0.25, -0.2) is 5.43 Å². The number of carbonyl (C=O) groups excluding carboxylic acids is 1. The number of nitrogens with zero attached hydrogens (tertiary/aromatic N) is 2. The number of nitro benzene ring substituents is 1. The fourth-order valence-electron chi connectivity index (χ4n) is 1.65. The molecule has 0 fully saturated rings. The molecule has 0 unspecified atom stereocenters. The molecule has 118 valence electrons. The zero-order valence-electron chi connectivity index (χ0n) is 11.5. The first-order valence-electron chi connectivity index (χ1n) is 6.21. The van der Waals surface area contributed by atoms with E-state index in [9.17, 15) is 30.2 Å². The smallest absolute Gasteiger partial charge is 0.271 e. The summed E-state index contributed by atoms with van der Waals surface area (Å²) in [5.41, 5.74) is 2.49. The van der Waals surface area contributed by atoms with Crippen LogP contribution in [0.25, 0.3) is 0 Å². The highest BCUT2D eigenvalue weighted by Gasteiger charge is 2.12. The Kier molecular flexibility index (Phi) is 4.41. The van der Waals surface area contributed by atoms with E-state index in [1.54, 1.807) is 0 Å². The van der Waals surface area contributed by atoms with E-state index in [4.69, 9.17) is 0 Å². The molecule has 0 radical (unpaired) electrons. The van der Waals surface area contributed by atoms with Crippen LogP contribution in [0.4, 0.5) is 5.69 Å². The summed E-state index contributed by atoms with van der Waals surface area (Å²) < 4.78 is 0. The Labute approximate surface area is 129 Å². The minimum absolute atomic E-state index is 0.0683. The molecule has 2 aromatic rings. The van der Waals surface area contributed by atoms with Crippen molar-refractivity contribution in [3.8, 4) is 17.2 Å². The molecule has 23 heavy (non-hydrogen) atoms. The normalized spacial score (nSPS) is 10.6. The van der Waals surface area contributed by atoms with Crippen molar-refractivity contribution in [1.29, 1.82) is 0 Å². The number of phenolic OH excluding ortho intramolecular Hbond substituents is 3. The number of amides is 1. The second-order valence-corrected chi connectivity index (χ2v) is 4.41. The molecule has 0 saturated heterocycles. The van der Waals surface area contributed by atoms with E-state index in [1.807, 2.05) is 0 Å². The molecule has 0 aliphatic rings. The average Bonchev–Trinajstić information content (AvgIpc) is 2.52. The molecule has 0 aromatic heterocycles. The summed E-state index contributed by atoms with van der Waals surface area (Å²) >= 11 is 0. The average molecular weight is 317 g/mol. The standard InChI is InChI=1S/C14H11N3O6/c18-11-5-9(6-12(19)13(11)20)14(21)16-15-7-8-1-3-10(4-2-8)17(22)23/h1-7,18-20H,(H,16,21)/b15-7+. The van der Waals surface area contributed by atoms with Gasteiger partial charge >= 0.3 is 0 Å². The Balaban J connectivity index is 2.05. The maximum atomic E-state index is 11.8. The minimum atomic E-state index is -0.728. The SMILES string of the molecule is O=C(N/N=C/c1ccc([N+](=O)[O-])cc1)c1cc(O)c(O)c(O)c1. The van der Waals surface area contributed by atoms with E-state index >= 15 is 0 Å². The second kappa shape index (κ2) is 6.43. The summed E-state index contributed by atoms with van der Waals surface area (Å²) in [6.07, 6.45) is 1.27. The quantitative estimate of drug-likeness (QED) is 0.291. The van der Waals surface area contributed by atoms with Gasteiger partial charge in [0.05, 0.1) is 11.1 Å². The van der Waals surface area contributed by atoms with Crippen molar-refractivity contribution in [3.05, 3.63) is 57.6 Å². The van der Waals surface area contributed by atoms with Gasteiger partial charge in [-0.15, -0.1) is 0 Å². The molecule has 0 spiro atoms. The van der Waals surface area contributed by atoms with Crippen molar-refractivity contribution in [2.45, 2.75) is 0 Å². The van der Waals surface area contributed by atoms with E-state index < -0.39 is 28.1 Å². The van der Waals surface area contributed by atoms with Gasteiger partial charge in [0.15, 0.2) is 17.2 Å². The number of aromatic hydroxyl groups is 3. The van der Waals surface area contributed by atoms with Gasteiger partial charge < -0.3 is 15.3 Å². The largest absolute Gasteiger partial charge is 0.504 e. The zero-order valence-corrected chi connectivity index (χ0v) is 11.5. The van der Waals surface area contributed by atoms with Crippen molar-refractivity contribution in [3.63, 3.8) is 0 Å². The molecule has 2 rings (SSSR count). The van der Waals surface area contributed by atoms with Gasteiger partial charge in [-0.1, -0.05) is 0 Å². The van der Waals surface area contributed by atoms with Crippen LogP contribution in [0.3, 0.4) is 0 Å². The molecule has 0 aliphatic heterocycles. The number of phenols is 3. The lowest BCUT2D eigenvalue weighted by atomic mass is 10.2. The molecule has 0 aliphatic carbocycles. The number of non-ortho nitro benzene ring substituents is 1. The summed E-state index contributed by atoms with van der Waals surface area (Å²) in [5.74, 6) is -2.74. The van der Waals surface area contributed by atoms with Gasteiger partial charge in [-0.05, 0) is 29.8 Å². The van der Waals surface area contributed by atoms with Gasteiger partial charge in [-0.3, -0.25) is 14.9 Å². The summed E-state index contributed by atoms with van der Waals surface area (Å²) in [5, 5.41) is 42.0. The van der Waals surface area contributed by atoms with Crippen molar-refractivity contribution in [2.75, 3.05) is 0 Å². The lowest BCUT2D eigenvalue weighted by Gasteiger charge is -2.04. The Morgan fingerprint density at radius 2 is 1.70 bits per heavy atom. The highest BCUT2D eigenvalue weighted by Crippen LogP contribution is 2.35. The maximum Gasteiger partial charge on any atom is 0.271 e. The highest BCUT2D eigenvalue weighted by atomic mass is 16.6. The van der Waals surface area contributed by atoms with Crippen LogP contribution in [-0.4, -0.2) is 32.4 Å². The van der Waals surface area contributed by atoms with Crippen LogP contribution in [0.15, 0.2) is 41.5 Å². The predicted octanol–water partition coefficient (Wildman–Crippen LogP) is 1.48. The first-order chi connectivity index (χ1) is 10.9. The number of carbonyl (C=O) groups is 1. The van der Waals surface area contributed by atoms with Crippen molar-refractivity contribution >= 4 is 17.8 Å². The predicted molar refractivity (Wildman–Crippen MR) is 79.6 cm³/mol. The van der Waals surface area contributed by atoms with Gasteiger partial charge in [-0.2, -0.15) is 5.10 Å². The fourth-order valence-corrected chi connectivity index (χ4v) is 1.65. The summed E-state index contributed by atoms with van der Waals surface area (Å²) in [7, 11) is 0. The second-order valence-electron chi connectivity index (χ2n) is 4.41. The van der Waals surface area contributed by atoms with Crippen molar-refractivity contribution in [1.82, 2.24) is 5.43 Å². The van der Waals surface area contributed by atoms with Crippen LogP contribution in [0.1, 0.15) is 15.9 Å². The van der Waals surface area contributed by atoms with Crippen LogP contribution < -0.4 is 5.43 Å². The number of nitrogens with one attached hydrogen (secondary N) is 1. The van der Waals surface area contributed by atoms with E-state index in [0.717, 1.165) is 12.1 Å². The number of benzene rings is 2. The van der Waals surface area contributed by atoms with Crippen LogP contribution in [0.5, 0.6) is 17.2 Å². The van der Waals surface area contributed by atoms with Gasteiger partial charge in [0, 0.05) is 17.7 Å². The molecule has 0 heterocycles. The topological polar surface area (TPSA) is 145 Å². The van der Waals surface area contributed by atoms with Crippen LogP contribution >= 0.6 is 0 Å². The number of hydrogen-bond donors (Lipinski definition) is 4. The molecule has 1 amide bonds. The summed E-state index contributed by atoms with van der Waals surface area (Å²) in [6.45, 7) is 0. The molecule has 0 bridgehead atoms. The Bertz CT molecular complexity index is 763. The number of rotatable bonds is 4. The van der Waals surface area contributed by atoms with Crippen LogP contribution in [0, 0.1) is 10.1 Å². The number of nitro groups is 1. The third-order valence-corrected chi connectivity index (χ3v) is 2.82. The minimum Gasteiger partial charge on any atom is -0.504 e. The van der Waals surface area contributed by atoms with Crippen LogP contribution in [0.2, 0.25) is 0 Å². The van der Waals surface area contributed by atoms with Gasteiger partial charge in [0.2, 0.25) is 0 Å². The third kappa shape index (κ3) is 3.73. The lowest BCUT2D eigenvalue weighted by molar-refractivity contribution is -0.384. The molecule has 0 saturated carbocycles. The first-order valence-corrected chi connectivity index (χ1v) is 6.21. The van der Waals surface area contributed by atoms with Crippen molar-refractivity contribution in [2.24, 2.45) is 5.10 Å².